The van der Waals surface area contributed by atoms with Gasteiger partial charge in [0.15, 0.2) is 0 Å². The normalized spacial score (nSPS) is 15.0. The van der Waals surface area contributed by atoms with E-state index in [1.807, 2.05) is 13.8 Å². The Morgan fingerprint density at radius 2 is 1.89 bits per heavy atom. The van der Waals surface area contributed by atoms with E-state index < -0.39 is 15.9 Å². The van der Waals surface area contributed by atoms with Gasteiger partial charge in [-0.05, 0) is 26.2 Å². The van der Waals surface area contributed by atoms with Crippen LogP contribution in [0.15, 0.2) is 0 Å². The third-order valence-electron chi connectivity index (χ3n) is 3.28. The highest BCUT2D eigenvalue weighted by atomic mass is 32.2. The zero-order valence-electron chi connectivity index (χ0n) is 12.6. The van der Waals surface area contributed by atoms with Gasteiger partial charge in [0.1, 0.15) is 9.84 Å². The standard InChI is InChI=1S/C13H28N2O3S/c1-5-7-9-15(11(3)6-2)13(16)12(14)8-10-19(4,17)18/h11-12H,5-10,14H2,1-4H3. The summed E-state index contributed by atoms with van der Waals surface area (Å²) in [4.78, 5) is 14.1. The molecule has 0 bridgehead atoms. The molecule has 2 atom stereocenters. The molecule has 19 heavy (non-hydrogen) atoms. The Labute approximate surface area is 117 Å². The van der Waals surface area contributed by atoms with Crippen LogP contribution >= 0.6 is 0 Å². The van der Waals surface area contributed by atoms with Gasteiger partial charge >= 0.3 is 0 Å². The number of hydrogen-bond acceptors (Lipinski definition) is 4. The third kappa shape index (κ3) is 7.52. The summed E-state index contributed by atoms with van der Waals surface area (Å²) >= 11 is 0. The number of nitrogens with zero attached hydrogens (tertiary/aromatic N) is 1. The first kappa shape index (κ1) is 18.4. The van der Waals surface area contributed by atoms with E-state index in [4.69, 9.17) is 5.73 Å². The molecule has 0 aromatic heterocycles. The van der Waals surface area contributed by atoms with Gasteiger partial charge in [-0.15, -0.1) is 0 Å². The Balaban J connectivity index is 4.59. The summed E-state index contributed by atoms with van der Waals surface area (Å²) in [5.41, 5.74) is 5.83. The number of amides is 1. The van der Waals surface area contributed by atoms with Gasteiger partial charge in [0, 0.05) is 18.8 Å². The van der Waals surface area contributed by atoms with E-state index in [0.717, 1.165) is 25.5 Å². The Hall–Kier alpha value is -0.620. The van der Waals surface area contributed by atoms with Gasteiger partial charge in [0.25, 0.3) is 0 Å². The maximum Gasteiger partial charge on any atom is 0.239 e. The van der Waals surface area contributed by atoms with Gasteiger partial charge in [0.05, 0.1) is 11.8 Å². The van der Waals surface area contributed by atoms with Crippen LogP contribution in [0.25, 0.3) is 0 Å². The van der Waals surface area contributed by atoms with Crippen LogP contribution in [0.1, 0.15) is 46.5 Å². The first-order valence-corrected chi connectivity index (χ1v) is 9.02. The van der Waals surface area contributed by atoms with Gasteiger partial charge in [-0.25, -0.2) is 8.42 Å². The monoisotopic (exact) mass is 292 g/mol. The van der Waals surface area contributed by atoms with E-state index in [0.29, 0.717) is 6.54 Å². The first-order valence-electron chi connectivity index (χ1n) is 6.96. The van der Waals surface area contributed by atoms with Crippen LogP contribution < -0.4 is 5.73 Å². The van der Waals surface area contributed by atoms with E-state index in [1.54, 1.807) is 4.90 Å². The average Bonchev–Trinajstić information content (AvgIpc) is 2.34. The summed E-state index contributed by atoms with van der Waals surface area (Å²) in [5, 5.41) is 0. The second kappa shape index (κ2) is 8.53. The van der Waals surface area contributed by atoms with Crippen molar-refractivity contribution in [1.82, 2.24) is 4.90 Å². The number of nitrogens with two attached hydrogens (primary N) is 1. The maximum absolute atomic E-state index is 12.3. The van der Waals surface area contributed by atoms with Gasteiger partial charge in [-0.3, -0.25) is 4.79 Å². The molecule has 0 radical (unpaired) electrons. The Bertz CT molecular complexity index is 368. The summed E-state index contributed by atoms with van der Waals surface area (Å²) in [6.07, 6.45) is 4.17. The van der Waals surface area contributed by atoms with Crippen molar-refractivity contribution < 1.29 is 13.2 Å². The molecule has 0 saturated heterocycles. The molecule has 2 unspecified atom stereocenters. The van der Waals surface area contributed by atoms with Crippen molar-refractivity contribution in [2.45, 2.75) is 58.5 Å². The molecule has 0 aliphatic heterocycles. The minimum absolute atomic E-state index is 0.0397. The lowest BCUT2D eigenvalue weighted by Gasteiger charge is -2.31. The van der Waals surface area contributed by atoms with Crippen molar-refractivity contribution >= 4 is 15.7 Å². The predicted molar refractivity (Wildman–Crippen MR) is 78.7 cm³/mol. The van der Waals surface area contributed by atoms with E-state index >= 15 is 0 Å². The highest BCUT2D eigenvalue weighted by molar-refractivity contribution is 7.90. The molecule has 6 heteroatoms. The summed E-state index contributed by atoms with van der Waals surface area (Å²) in [6.45, 7) is 6.79. The lowest BCUT2D eigenvalue weighted by atomic mass is 10.1. The molecule has 0 aromatic carbocycles. The van der Waals surface area contributed by atoms with Crippen molar-refractivity contribution in [3.8, 4) is 0 Å². The van der Waals surface area contributed by atoms with Crippen LogP contribution in [0.3, 0.4) is 0 Å². The van der Waals surface area contributed by atoms with Crippen LogP contribution in [-0.2, 0) is 14.6 Å². The number of carbonyl (C=O) groups excluding carboxylic acids is 1. The second-order valence-electron chi connectivity index (χ2n) is 5.17. The largest absolute Gasteiger partial charge is 0.339 e. The molecule has 114 valence electrons. The van der Waals surface area contributed by atoms with E-state index in [2.05, 4.69) is 6.92 Å². The van der Waals surface area contributed by atoms with Crippen LogP contribution in [0, 0.1) is 0 Å². The molecule has 0 fully saturated rings. The molecule has 2 N–H and O–H groups in total. The lowest BCUT2D eigenvalue weighted by Crippen LogP contribution is -2.48. The Kier molecular flexibility index (Phi) is 8.25. The summed E-state index contributed by atoms with van der Waals surface area (Å²) in [7, 11) is -3.07. The van der Waals surface area contributed by atoms with Crippen LogP contribution in [-0.4, -0.2) is 49.9 Å². The highest BCUT2D eigenvalue weighted by Crippen LogP contribution is 2.09. The zero-order valence-corrected chi connectivity index (χ0v) is 13.4. The van der Waals surface area contributed by atoms with Crippen molar-refractivity contribution in [1.29, 1.82) is 0 Å². The SMILES string of the molecule is CCCCN(C(=O)C(N)CCS(C)(=O)=O)C(C)CC. The Morgan fingerprint density at radius 3 is 2.32 bits per heavy atom. The second-order valence-corrected chi connectivity index (χ2v) is 7.43. The summed E-state index contributed by atoms with van der Waals surface area (Å²) in [5.74, 6) is -0.173. The maximum atomic E-state index is 12.3. The molecule has 0 aliphatic carbocycles. The summed E-state index contributed by atoms with van der Waals surface area (Å²) in [6, 6.07) is -0.580. The molecular formula is C13H28N2O3S. The van der Waals surface area contributed by atoms with Crippen molar-refractivity contribution in [3.05, 3.63) is 0 Å². The molecular weight excluding hydrogens is 264 g/mol. The Morgan fingerprint density at radius 1 is 1.32 bits per heavy atom. The first-order chi connectivity index (χ1) is 8.72. The topological polar surface area (TPSA) is 80.5 Å². The third-order valence-corrected chi connectivity index (χ3v) is 4.25. The number of rotatable bonds is 9. The fraction of sp³-hybridized carbons (Fsp3) is 0.923. The molecule has 0 rings (SSSR count). The van der Waals surface area contributed by atoms with Crippen molar-refractivity contribution in [2.75, 3.05) is 18.6 Å². The molecule has 0 aliphatic rings. The minimum Gasteiger partial charge on any atom is -0.339 e. The lowest BCUT2D eigenvalue weighted by molar-refractivity contribution is -0.134. The van der Waals surface area contributed by atoms with Crippen LogP contribution in [0.2, 0.25) is 0 Å². The van der Waals surface area contributed by atoms with Crippen molar-refractivity contribution in [3.63, 3.8) is 0 Å². The van der Waals surface area contributed by atoms with E-state index in [9.17, 15) is 13.2 Å². The number of hydrogen-bond donors (Lipinski definition) is 1. The minimum atomic E-state index is -3.07. The smallest absolute Gasteiger partial charge is 0.239 e. The van der Waals surface area contributed by atoms with Crippen molar-refractivity contribution in [2.24, 2.45) is 5.73 Å². The molecule has 0 spiro atoms. The molecule has 1 amide bonds. The van der Waals surface area contributed by atoms with Gasteiger partial charge < -0.3 is 10.6 Å². The summed E-state index contributed by atoms with van der Waals surface area (Å²) < 4.78 is 22.2. The number of unbranched alkanes of at least 4 members (excludes halogenated alkanes) is 1. The predicted octanol–water partition coefficient (Wildman–Crippen LogP) is 1.18. The van der Waals surface area contributed by atoms with Crippen LogP contribution in [0.4, 0.5) is 0 Å². The highest BCUT2D eigenvalue weighted by Gasteiger charge is 2.24. The fourth-order valence-corrected chi connectivity index (χ4v) is 2.46. The van der Waals surface area contributed by atoms with Gasteiger partial charge in [-0.1, -0.05) is 20.3 Å². The van der Waals surface area contributed by atoms with Gasteiger partial charge in [-0.2, -0.15) is 0 Å². The number of carbonyl (C=O) groups is 1. The number of sulfone groups is 1. The fourth-order valence-electron chi connectivity index (χ4n) is 1.77. The molecule has 0 aromatic rings. The quantitative estimate of drug-likeness (QED) is 0.692. The van der Waals surface area contributed by atoms with Gasteiger partial charge in [0.2, 0.25) is 5.91 Å². The zero-order chi connectivity index (χ0) is 15.1. The van der Waals surface area contributed by atoms with E-state index in [1.165, 1.54) is 0 Å². The molecule has 5 nitrogen and oxygen atoms in total. The molecule has 0 saturated carbocycles. The van der Waals surface area contributed by atoms with Crippen LogP contribution in [0.5, 0.6) is 0 Å². The average molecular weight is 292 g/mol. The molecule has 0 heterocycles. The van der Waals surface area contributed by atoms with E-state index in [-0.39, 0.29) is 24.1 Å².